The highest BCUT2D eigenvalue weighted by molar-refractivity contribution is 5.79. The molecule has 0 N–H and O–H groups in total. The van der Waals surface area contributed by atoms with Crippen molar-refractivity contribution in [2.24, 2.45) is 5.92 Å². The van der Waals surface area contributed by atoms with Crippen molar-refractivity contribution in [1.29, 1.82) is 0 Å². The molecule has 4 heterocycles. The standard InChI is InChI=1S/C18H26N4O3/c1-13-19-16-3-6-22(18(23)14-4-9-25-12-14)5-2-15(16)17(20-13)21-7-10-24-11-8-21/h14H,2-12H2,1H3. The number of carbonyl (C=O) groups is 1. The predicted octanol–water partition coefficient (Wildman–Crippen LogP) is 0.585. The van der Waals surface area contributed by atoms with Crippen LogP contribution in [0.5, 0.6) is 0 Å². The Labute approximate surface area is 148 Å². The van der Waals surface area contributed by atoms with Crippen molar-refractivity contribution in [1.82, 2.24) is 14.9 Å². The van der Waals surface area contributed by atoms with Crippen molar-refractivity contribution in [2.45, 2.75) is 26.2 Å². The number of amides is 1. The third kappa shape index (κ3) is 3.48. The van der Waals surface area contributed by atoms with Gasteiger partial charge in [0.2, 0.25) is 5.91 Å². The zero-order valence-corrected chi connectivity index (χ0v) is 14.9. The van der Waals surface area contributed by atoms with Crippen molar-refractivity contribution in [2.75, 3.05) is 57.5 Å². The van der Waals surface area contributed by atoms with Crippen molar-refractivity contribution < 1.29 is 14.3 Å². The fourth-order valence-corrected chi connectivity index (χ4v) is 3.94. The van der Waals surface area contributed by atoms with Gasteiger partial charge in [0.1, 0.15) is 11.6 Å². The van der Waals surface area contributed by atoms with Crippen LogP contribution in [0.3, 0.4) is 0 Å². The van der Waals surface area contributed by atoms with Gasteiger partial charge in [-0.3, -0.25) is 4.79 Å². The Bertz CT molecular complexity index is 639. The number of rotatable bonds is 2. The highest BCUT2D eigenvalue weighted by Gasteiger charge is 2.30. The maximum Gasteiger partial charge on any atom is 0.228 e. The molecule has 4 rings (SSSR count). The molecule has 2 fully saturated rings. The van der Waals surface area contributed by atoms with Gasteiger partial charge in [-0.05, 0) is 19.8 Å². The minimum atomic E-state index is 0.0350. The summed E-state index contributed by atoms with van der Waals surface area (Å²) in [4.78, 5) is 26.5. The number of aryl methyl sites for hydroxylation is 1. The number of hydrogen-bond donors (Lipinski definition) is 0. The van der Waals surface area contributed by atoms with Gasteiger partial charge in [0.15, 0.2) is 0 Å². The Morgan fingerprint density at radius 1 is 1.04 bits per heavy atom. The average molecular weight is 346 g/mol. The Hall–Kier alpha value is -1.73. The monoisotopic (exact) mass is 346 g/mol. The Morgan fingerprint density at radius 3 is 2.60 bits per heavy atom. The lowest BCUT2D eigenvalue weighted by Crippen LogP contribution is -2.38. The minimum Gasteiger partial charge on any atom is -0.381 e. The molecule has 1 amide bonds. The summed E-state index contributed by atoms with van der Waals surface area (Å²) in [5, 5.41) is 0. The molecule has 0 aromatic carbocycles. The summed E-state index contributed by atoms with van der Waals surface area (Å²) in [7, 11) is 0. The first-order valence-corrected chi connectivity index (χ1v) is 9.28. The number of aromatic nitrogens is 2. The molecule has 7 heteroatoms. The minimum absolute atomic E-state index is 0.0350. The molecule has 0 bridgehead atoms. The SMILES string of the molecule is Cc1nc2c(c(N3CCOCC3)n1)CCN(C(=O)C1CCOC1)CC2. The lowest BCUT2D eigenvalue weighted by molar-refractivity contribution is -0.135. The number of ether oxygens (including phenoxy) is 2. The van der Waals surface area contributed by atoms with Crippen molar-refractivity contribution in [3.8, 4) is 0 Å². The highest BCUT2D eigenvalue weighted by Crippen LogP contribution is 2.26. The first kappa shape index (κ1) is 16.7. The molecular weight excluding hydrogens is 320 g/mol. The van der Waals surface area contributed by atoms with E-state index < -0.39 is 0 Å². The van der Waals surface area contributed by atoms with E-state index in [1.54, 1.807) is 0 Å². The molecule has 1 unspecified atom stereocenters. The van der Waals surface area contributed by atoms with Crippen LogP contribution in [0.4, 0.5) is 5.82 Å². The highest BCUT2D eigenvalue weighted by atomic mass is 16.5. The van der Waals surface area contributed by atoms with E-state index in [1.165, 1.54) is 5.56 Å². The van der Waals surface area contributed by atoms with E-state index in [4.69, 9.17) is 14.5 Å². The summed E-state index contributed by atoms with van der Waals surface area (Å²) < 4.78 is 10.9. The van der Waals surface area contributed by atoms with Crippen LogP contribution < -0.4 is 4.90 Å². The largest absolute Gasteiger partial charge is 0.381 e. The molecule has 0 spiro atoms. The molecule has 1 aromatic rings. The first-order chi connectivity index (χ1) is 12.2. The van der Waals surface area contributed by atoms with Crippen LogP contribution >= 0.6 is 0 Å². The van der Waals surface area contributed by atoms with Gasteiger partial charge < -0.3 is 19.3 Å². The van der Waals surface area contributed by atoms with Gasteiger partial charge in [0.25, 0.3) is 0 Å². The zero-order valence-electron chi connectivity index (χ0n) is 14.9. The van der Waals surface area contributed by atoms with Crippen LogP contribution in [0, 0.1) is 12.8 Å². The van der Waals surface area contributed by atoms with E-state index in [9.17, 15) is 4.79 Å². The van der Waals surface area contributed by atoms with Gasteiger partial charge in [0, 0.05) is 44.8 Å². The Balaban J connectivity index is 1.55. The van der Waals surface area contributed by atoms with E-state index in [-0.39, 0.29) is 11.8 Å². The Kier molecular flexibility index (Phi) is 4.85. The maximum absolute atomic E-state index is 12.7. The summed E-state index contributed by atoms with van der Waals surface area (Å²) in [6.45, 7) is 7.92. The van der Waals surface area contributed by atoms with Crippen molar-refractivity contribution >= 4 is 11.7 Å². The topological polar surface area (TPSA) is 67.8 Å². The fraction of sp³-hybridized carbons (Fsp3) is 0.722. The maximum atomic E-state index is 12.7. The van der Waals surface area contributed by atoms with Gasteiger partial charge in [-0.25, -0.2) is 9.97 Å². The Morgan fingerprint density at radius 2 is 1.84 bits per heavy atom. The van der Waals surface area contributed by atoms with E-state index in [2.05, 4.69) is 9.88 Å². The smallest absolute Gasteiger partial charge is 0.228 e. The second-order valence-corrected chi connectivity index (χ2v) is 7.00. The third-order valence-corrected chi connectivity index (χ3v) is 5.33. The van der Waals surface area contributed by atoms with Gasteiger partial charge in [0.05, 0.1) is 31.4 Å². The summed E-state index contributed by atoms with van der Waals surface area (Å²) in [6, 6.07) is 0. The zero-order chi connectivity index (χ0) is 17.2. The number of fused-ring (bicyclic) bond motifs is 1. The number of carbonyl (C=O) groups excluding carboxylic acids is 1. The first-order valence-electron chi connectivity index (χ1n) is 9.28. The second-order valence-electron chi connectivity index (χ2n) is 7.00. The molecule has 7 nitrogen and oxygen atoms in total. The van der Waals surface area contributed by atoms with Gasteiger partial charge >= 0.3 is 0 Å². The fourth-order valence-electron chi connectivity index (χ4n) is 3.94. The predicted molar refractivity (Wildman–Crippen MR) is 92.7 cm³/mol. The lowest BCUT2D eigenvalue weighted by atomic mass is 10.1. The van der Waals surface area contributed by atoms with Crippen LogP contribution in [-0.2, 0) is 27.1 Å². The van der Waals surface area contributed by atoms with E-state index in [0.29, 0.717) is 13.2 Å². The molecular formula is C18H26N4O3. The molecule has 1 aromatic heterocycles. The number of nitrogens with zero attached hydrogens (tertiary/aromatic N) is 4. The lowest BCUT2D eigenvalue weighted by Gasteiger charge is -2.30. The summed E-state index contributed by atoms with van der Waals surface area (Å²) in [5.74, 6) is 2.13. The summed E-state index contributed by atoms with van der Waals surface area (Å²) in [6.07, 6.45) is 2.47. The van der Waals surface area contributed by atoms with Gasteiger partial charge in [-0.2, -0.15) is 0 Å². The molecule has 1 atom stereocenters. The number of anilines is 1. The molecule has 2 saturated heterocycles. The van der Waals surface area contributed by atoms with E-state index in [1.807, 2.05) is 11.8 Å². The second kappa shape index (κ2) is 7.25. The van der Waals surface area contributed by atoms with Crippen LogP contribution in [0.25, 0.3) is 0 Å². The van der Waals surface area contributed by atoms with Crippen molar-refractivity contribution in [3.05, 3.63) is 17.1 Å². The quantitative estimate of drug-likeness (QED) is 0.781. The molecule has 0 saturated carbocycles. The van der Waals surface area contributed by atoms with Gasteiger partial charge in [-0.15, -0.1) is 0 Å². The molecule has 0 radical (unpaired) electrons. The van der Waals surface area contributed by atoms with Crippen LogP contribution in [-0.4, -0.2) is 73.4 Å². The summed E-state index contributed by atoms with van der Waals surface area (Å²) in [5.41, 5.74) is 2.32. The molecule has 136 valence electrons. The summed E-state index contributed by atoms with van der Waals surface area (Å²) >= 11 is 0. The third-order valence-electron chi connectivity index (χ3n) is 5.33. The van der Waals surface area contributed by atoms with Crippen LogP contribution in [0.15, 0.2) is 0 Å². The van der Waals surface area contributed by atoms with Crippen molar-refractivity contribution in [3.63, 3.8) is 0 Å². The van der Waals surface area contributed by atoms with E-state index in [0.717, 1.165) is 76.0 Å². The normalized spacial score (nSPS) is 24.1. The molecule has 0 aliphatic carbocycles. The number of morpholine rings is 1. The molecule has 25 heavy (non-hydrogen) atoms. The average Bonchev–Trinajstić information content (AvgIpc) is 3.09. The van der Waals surface area contributed by atoms with Gasteiger partial charge in [-0.1, -0.05) is 0 Å². The number of hydrogen-bond acceptors (Lipinski definition) is 6. The van der Waals surface area contributed by atoms with E-state index >= 15 is 0 Å². The molecule has 3 aliphatic heterocycles. The van der Waals surface area contributed by atoms with Crippen LogP contribution in [0.2, 0.25) is 0 Å². The van der Waals surface area contributed by atoms with Crippen LogP contribution in [0.1, 0.15) is 23.5 Å². The molecule has 3 aliphatic rings.